The summed E-state index contributed by atoms with van der Waals surface area (Å²) in [5, 5.41) is 10.7. The third-order valence-electron chi connectivity index (χ3n) is 2.68. The monoisotopic (exact) mass is 250 g/mol. The molecule has 0 radical (unpaired) electrons. The zero-order valence-corrected chi connectivity index (χ0v) is 10.6. The van der Waals surface area contributed by atoms with Gasteiger partial charge < -0.3 is 9.88 Å². The molecular weight excluding hydrogens is 235 g/mol. The first-order chi connectivity index (χ1) is 8.63. The van der Waals surface area contributed by atoms with Crippen molar-refractivity contribution >= 4 is 5.82 Å². The molecule has 0 saturated carbocycles. The molecular formula is C11H15FN6. The molecule has 1 N–H and O–H groups in total. The van der Waals surface area contributed by atoms with Crippen molar-refractivity contribution in [3.63, 3.8) is 0 Å². The van der Waals surface area contributed by atoms with Gasteiger partial charge in [0.15, 0.2) is 17.5 Å². The van der Waals surface area contributed by atoms with Crippen LogP contribution in [0.3, 0.4) is 0 Å². The molecule has 0 aliphatic carbocycles. The molecule has 0 saturated heterocycles. The molecule has 18 heavy (non-hydrogen) atoms. The SMILES string of the molecule is CCc1ncnc(NC(C)c2nncn2C)c1F. The predicted octanol–water partition coefficient (Wildman–Crippen LogP) is 1.48. The van der Waals surface area contributed by atoms with Gasteiger partial charge in [-0.3, -0.25) is 0 Å². The van der Waals surface area contributed by atoms with Gasteiger partial charge in [0.05, 0.1) is 11.7 Å². The summed E-state index contributed by atoms with van der Waals surface area (Å²) in [6.07, 6.45) is 3.48. The summed E-state index contributed by atoms with van der Waals surface area (Å²) >= 11 is 0. The summed E-state index contributed by atoms with van der Waals surface area (Å²) < 4.78 is 15.7. The van der Waals surface area contributed by atoms with Crippen molar-refractivity contribution in [3.05, 3.63) is 30.0 Å². The van der Waals surface area contributed by atoms with E-state index in [0.29, 0.717) is 17.9 Å². The first-order valence-corrected chi connectivity index (χ1v) is 5.73. The van der Waals surface area contributed by atoms with Crippen molar-refractivity contribution in [1.82, 2.24) is 24.7 Å². The summed E-state index contributed by atoms with van der Waals surface area (Å²) in [5.74, 6) is 0.498. The molecule has 0 aromatic carbocycles. The van der Waals surface area contributed by atoms with E-state index in [1.54, 1.807) is 10.9 Å². The number of rotatable bonds is 4. The fraction of sp³-hybridized carbons (Fsp3) is 0.455. The van der Waals surface area contributed by atoms with E-state index in [-0.39, 0.29) is 11.9 Å². The Bertz CT molecular complexity index is 538. The van der Waals surface area contributed by atoms with Crippen molar-refractivity contribution < 1.29 is 4.39 Å². The number of hydrogen-bond acceptors (Lipinski definition) is 5. The van der Waals surface area contributed by atoms with E-state index < -0.39 is 5.82 Å². The maximum Gasteiger partial charge on any atom is 0.186 e. The number of nitrogens with zero attached hydrogens (tertiary/aromatic N) is 5. The van der Waals surface area contributed by atoms with Gasteiger partial charge in [0.2, 0.25) is 0 Å². The third-order valence-corrected chi connectivity index (χ3v) is 2.68. The summed E-state index contributed by atoms with van der Waals surface area (Å²) in [6, 6.07) is -0.188. The normalized spacial score (nSPS) is 12.4. The number of anilines is 1. The van der Waals surface area contributed by atoms with Crippen LogP contribution in [0.4, 0.5) is 10.2 Å². The molecule has 0 spiro atoms. The summed E-state index contributed by atoms with van der Waals surface area (Å²) in [6.45, 7) is 3.72. The Balaban J connectivity index is 2.22. The highest BCUT2D eigenvalue weighted by Gasteiger charge is 2.15. The molecule has 0 aliphatic heterocycles. The molecule has 1 unspecified atom stereocenters. The number of aromatic nitrogens is 5. The van der Waals surface area contributed by atoms with Gasteiger partial charge in [-0.05, 0) is 13.3 Å². The van der Waals surface area contributed by atoms with Crippen molar-refractivity contribution in [2.45, 2.75) is 26.3 Å². The Labute approximate surface area is 104 Å². The minimum Gasteiger partial charge on any atom is -0.358 e. The molecule has 2 heterocycles. The molecule has 0 bridgehead atoms. The van der Waals surface area contributed by atoms with Crippen LogP contribution in [-0.2, 0) is 13.5 Å². The first-order valence-electron chi connectivity index (χ1n) is 5.73. The van der Waals surface area contributed by atoms with Crippen LogP contribution in [0.15, 0.2) is 12.7 Å². The summed E-state index contributed by atoms with van der Waals surface area (Å²) in [4.78, 5) is 7.80. The van der Waals surface area contributed by atoms with Gasteiger partial charge in [-0.25, -0.2) is 14.4 Å². The molecule has 1 atom stereocenters. The molecule has 0 fully saturated rings. The lowest BCUT2D eigenvalue weighted by Gasteiger charge is -2.14. The summed E-state index contributed by atoms with van der Waals surface area (Å²) in [5.41, 5.74) is 0.401. The zero-order valence-electron chi connectivity index (χ0n) is 10.6. The van der Waals surface area contributed by atoms with Crippen LogP contribution < -0.4 is 5.32 Å². The van der Waals surface area contributed by atoms with Crippen LogP contribution in [0.2, 0.25) is 0 Å². The average Bonchev–Trinajstić information content (AvgIpc) is 2.78. The van der Waals surface area contributed by atoms with Crippen LogP contribution in [0.5, 0.6) is 0 Å². The van der Waals surface area contributed by atoms with Crippen LogP contribution >= 0.6 is 0 Å². The predicted molar refractivity (Wildman–Crippen MR) is 64.4 cm³/mol. The number of halogens is 1. The van der Waals surface area contributed by atoms with E-state index in [4.69, 9.17) is 0 Å². The minimum absolute atomic E-state index is 0.188. The number of nitrogens with one attached hydrogen (secondary N) is 1. The van der Waals surface area contributed by atoms with Gasteiger partial charge >= 0.3 is 0 Å². The van der Waals surface area contributed by atoms with Crippen molar-refractivity contribution in [2.75, 3.05) is 5.32 Å². The lowest BCUT2D eigenvalue weighted by molar-refractivity contribution is 0.591. The van der Waals surface area contributed by atoms with E-state index in [1.807, 2.05) is 20.9 Å². The number of hydrogen-bond donors (Lipinski definition) is 1. The van der Waals surface area contributed by atoms with Crippen LogP contribution in [0.1, 0.15) is 31.4 Å². The highest BCUT2D eigenvalue weighted by Crippen LogP contribution is 2.19. The lowest BCUT2D eigenvalue weighted by atomic mass is 10.2. The van der Waals surface area contributed by atoms with Crippen molar-refractivity contribution in [3.8, 4) is 0 Å². The van der Waals surface area contributed by atoms with Crippen LogP contribution in [-0.4, -0.2) is 24.7 Å². The second-order valence-electron chi connectivity index (χ2n) is 4.00. The zero-order chi connectivity index (χ0) is 13.1. The Hall–Kier alpha value is -2.05. The Kier molecular flexibility index (Phi) is 3.50. The Morgan fingerprint density at radius 2 is 2.22 bits per heavy atom. The minimum atomic E-state index is -0.408. The largest absolute Gasteiger partial charge is 0.358 e. The standard InChI is InChI=1S/C11H15FN6/c1-4-8-9(12)10(14-5-13-8)16-7(2)11-17-15-6-18(11)3/h5-7H,4H2,1-3H3,(H,13,14,16). The maximum absolute atomic E-state index is 13.9. The highest BCUT2D eigenvalue weighted by molar-refractivity contribution is 5.38. The lowest BCUT2D eigenvalue weighted by Crippen LogP contribution is -2.14. The Morgan fingerprint density at radius 1 is 1.44 bits per heavy atom. The van der Waals surface area contributed by atoms with Gasteiger partial charge in [-0.15, -0.1) is 10.2 Å². The molecule has 0 aliphatic rings. The molecule has 2 aromatic heterocycles. The van der Waals surface area contributed by atoms with Crippen molar-refractivity contribution in [1.29, 1.82) is 0 Å². The van der Waals surface area contributed by atoms with Crippen LogP contribution in [0.25, 0.3) is 0 Å². The van der Waals surface area contributed by atoms with Crippen molar-refractivity contribution in [2.24, 2.45) is 7.05 Å². The molecule has 7 heteroatoms. The molecule has 2 rings (SSSR count). The molecule has 96 valence electrons. The smallest absolute Gasteiger partial charge is 0.186 e. The van der Waals surface area contributed by atoms with E-state index >= 15 is 0 Å². The van der Waals surface area contributed by atoms with Gasteiger partial charge in [0.1, 0.15) is 12.7 Å². The highest BCUT2D eigenvalue weighted by atomic mass is 19.1. The van der Waals surface area contributed by atoms with E-state index in [1.165, 1.54) is 6.33 Å². The average molecular weight is 250 g/mol. The van der Waals surface area contributed by atoms with E-state index in [2.05, 4.69) is 25.5 Å². The molecule has 6 nitrogen and oxygen atoms in total. The molecule has 2 aromatic rings. The third kappa shape index (κ3) is 2.29. The van der Waals surface area contributed by atoms with Crippen LogP contribution in [0, 0.1) is 5.82 Å². The van der Waals surface area contributed by atoms with Gasteiger partial charge in [-0.1, -0.05) is 6.92 Å². The fourth-order valence-electron chi connectivity index (χ4n) is 1.71. The fourth-order valence-corrected chi connectivity index (χ4v) is 1.71. The number of aryl methyl sites for hydroxylation is 2. The van der Waals surface area contributed by atoms with E-state index in [9.17, 15) is 4.39 Å². The molecule has 0 amide bonds. The first kappa shape index (κ1) is 12.4. The summed E-state index contributed by atoms with van der Waals surface area (Å²) in [7, 11) is 1.83. The van der Waals surface area contributed by atoms with Gasteiger partial charge in [0.25, 0.3) is 0 Å². The topological polar surface area (TPSA) is 68.5 Å². The van der Waals surface area contributed by atoms with E-state index in [0.717, 1.165) is 0 Å². The quantitative estimate of drug-likeness (QED) is 0.890. The second kappa shape index (κ2) is 5.07. The Morgan fingerprint density at radius 3 is 2.83 bits per heavy atom. The van der Waals surface area contributed by atoms with Gasteiger partial charge in [0, 0.05) is 7.05 Å². The van der Waals surface area contributed by atoms with Gasteiger partial charge in [-0.2, -0.15) is 0 Å². The maximum atomic E-state index is 13.9. The second-order valence-corrected chi connectivity index (χ2v) is 4.00.